The summed E-state index contributed by atoms with van der Waals surface area (Å²) in [5.41, 5.74) is 5.87. The molecule has 0 saturated carbocycles. The molecule has 29 heavy (non-hydrogen) atoms. The smallest absolute Gasteiger partial charge is 0.288 e. The number of amides is 2. The van der Waals surface area contributed by atoms with Crippen molar-refractivity contribution in [2.24, 2.45) is 10.9 Å². The lowest BCUT2D eigenvalue weighted by molar-refractivity contribution is -0.118. The second kappa shape index (κ2) is 8.34. The Hall–Kier alpha value is -3.35. The number of rotatable bonds is 5. The maximum Gasteiger partial charge on any atom is 0.288 e. The molecular formula is C22H25N5O2. The molecule has 1 fully saturated rings. The number of para-hydroxylation sites is 1. The van der Waals surface area contributed by atoms with E-state index in [0.717, 1.165) is 25.1 Å². The van der Waals surface area contributed by atoms with Crippen LogP contribution < -0.4 is 20.7 Å². The molecule has 2 aromatic carbocycles. The summed E-state index contributed by atoms with van der Waals surface area (Å²) in [6.45, 7) is 4.42. The summed E-state index contributed by atoms with van der Waals surface area (Å²) >= 11 is 0. The molecule has 1 unspecified atom stereocenters. The van der Waals surface area contributed by atoms with Gasteiger partial charge < -0.3 is 10.2 Å². The number of amidine groups is 1. The van der Waals surface area contributed by atoms with Crippen LogP contribution >= 0.6 is 0 Å². The van der Waals surface area contributed by atoms with Crippen molar-refractivity contribution >= 4 is 29.0 Å². The Morgan fingerprint density at radius 1 is 1.14 bits per heavy atom. The lowest BCUT2D eigenvalue weighted by Crippen LogP contribution is -2.56. The number of hydrogen-bond acceptors (Lipinski definition) is 5. The van der Waals surface area contributed by atoms with E-state index >= 15 is 0 Å². The van der Waals surface area contributed by atoms with Crippen molar-refractivity contribution < 1.29 is 9.59 Å². The molecule has 150 valence electrons. The highest BCUT2D eigenvalue weighted by atomic mass is 16.2. The van der Waals surface area contributed by atoms with E-state index in [1.54, 1.807) is 0 Å². The Balaban J connectivity index is 1.32. The molecule has 2 aliphatic heterocycles. The summed E-state index contributed by atoms with van der Waals surface area (Å²) in [6.07, 6.45) is 1.03. The largest absolute Gasteiger partial charge is 0.371 e. The second-order valence-electron chi connectivity index (χ2n) is 7.49. The van der Waals surface area contributed by atoms with Crippen molar-refractivity contribution in [3.8, 4) is 0 Å². The highest BCUT2D eigenvalue weighted by Crippen LogP contribution is 2.23. The summed E-state index contributed by atoms with van der Waals surface area (Å²) in [7, 11) is 0. The van der Waals surface area contributed by atoms with Gasteiger partial charge in [0.15, 0.2) is 0 Å². The van der Waals surface area contributed by atoms with Crippen molar-refractivity contribution in [1.29, 1.82) is 0 Å². The monoisotopic (exact) mass is 391 g/mol. The maximum atomic E-state index is 12.6. The number of hydrogen-bond donors (Lipinski definition) is 2. The second-order valence-corrected chi connectivity index (χ2v) is 7.49. The highest BCUT2D eigenvalue weighted by Gasteiger charge is 2.27. The minimum absolute atomic E-state index is 0.0468. The fraction of sp³-hybridized carbons (Fsp3) is 0.318. The van der Waals surface area contributed by atoms with Crippen molar-refractivity contribution in [2.45, 2.75) is 13.3 Å². The summed E-state index contributed by atoms with van der Waals surface area (Å²) in [5.74, 6) is 0.0775. The molecule has 7 heteroatoms. The number of nitrogens with zero attached hydrogens (tertiary/aromatic N) is 3. The average molecular weight is 391 g/mol. The Morgan fingerprint density at radius 2 is 1.90 bits per heavy atom. The predicted octanol–water partition coefficient (Wildman–Crippen LogP) is 1.89. The molecule has 2 aromatic rings. The molecule has 0 bridgehead atoms. The molecular weight excluding hydrogens is 366 g/mol. The molecule has 2 heterocycles. The van der Waals surface area contributed by atoms with Gasteiger partial charge in [0.1, 0.15) is 6.54 Å². The number of nitrogens with one attached hydrogen (secondary N) is 2. The molecule has 2 N–H and O–H groups in total. The van der Waals surface area contributed by atoms with Crippen LogP contribution in [0, 0.1) is 12.8 Å². The fourth-order valence-corrected chi connectivity index (χ4v) is 3.64. The summed E-state index contributed by atoms with van der Waals surface area (Å²) in [6, 6.07) is 17.9. The van der Waals surface area contributed by atoms with Crippen molar-refractivity contribution in [3.05, 3.63) is 60.2 Å². The van der Waals surface area contributed by atoms with Crippen LogP contribution in [0.15, 0.2) is 59.6 Å². The summed E-state index contributed by atoms with van der Waals surface area (Å²) in [4.78, 5) is 31.2. The van der Waals surface area contributed by atoms with E-state index < -0.39 is 0 Å². The van der Waals surface area contributed by atoms with Crippen LogP contribution in [0.25, 0.3) is 0 Å². The summed E-state index contributed by atoms with van der Waals surface area (Å²) in [5, 5.41) is 4.35. The quantitative estimate of drug-likeness (QED) is 0.816. The van der Waals surface area contributed by atoms with Crippen LogP contribution in [0.3, 0.4) is 0 Å². The zero-order chi connectivity index (χ0) is 20.2. The van der Waals surface area contributed by atoms with E-state index in [2.05, 4.69) is 32.8 Å². The highest BCUT2D eigenvalue weighted by molar-refractivity contribution is 6.39. The molecule has 7 nitrogen and oxygen atoms in total. The van der Waals surface area contributed by atoms with Crippen molar-refractivity contribution in [2.75, 3.05) is 36.1 Å². The molecule has 0 radical (unpaired) electrons. The number of aliphatic imine (C=N–C) groups is 1. The lowest BCUT2D eigenvalue weighted by Gasteiger charge is -2.28. The number of benzene rings is 2. The Bertz CT molecular complexity index is 911. The number of carbonyl (C=O) groups excluding carboxylic acids is 2. The van der Waals surface area contributed by atoms with Crippen LogP contribution in [0.1, 0.15) is 12.0 Å². The molecule has 1 atom stereocenters. The normalized spacial score (nSPS) is 19.0. The zero-order valence-electron chi connectivity index (χ0n) is 16.5. The Morgan fingerprint density at radius 3 is 2.66 bits per heavy atom. The zero-order valence-corrected chi connectivity index (χ0v) is 16.5. The third-order valence-electron chi connectivity index (χ3n) is 5.31. The summed E-state index contributed by atoms with van der Waals surface area (Å²) < 4.78 is 0. The minimum atomic E-state index is -0.284. The molecule has 2 aliphatic rings. The van der Waals surface area contributed by atoms with Crippen molar-refractivity contribution in [1.82, 2.24) is 10.7 Å². The van der Waals surface area contributed by atoms with E-state index in [4.69, 9.17) is 0 Å². The van der Waals surface area contributed by atoms with Gasteiger partial charge in [0.05, 0.1) is 5.69 Å². The van der Waals surface area contributed by atoms with E-state index in [-0.39, 0.29) is 24.2 Å². The fourth-order valence-electron chi connectivity index (χ4n) is 3.64. The van der Waals surface area contributed by atoms with Crippen LogP contribution in [0.5, 0.6) is 0 Å². The van der Waals surface area contributed by atoms with Gasteiger partial charge in [-0.05, 0) is 43.5 Å². The number of anilines is 2. The first-order valence-corrected chi connectivity index (χ1v) is 9.89. The van der Waals surface area contributed by atoms with Crippen molar-refractivity contribution in [3.63, 3.8) is 0 Å². The van der Waals surface area contributed by atoms with Gasteiger partial charge in [0, 0.05) is 25.3 Å². The Labute approximate surface area is 170 Å². The standard InChI is InChI=1S/C22H25N5O2/c1-16-7-9-19(10-8-16)27-20(28)14-23-21(25-27)22(29)24-13-17-11-12-26(15-17)18-5-3-2-4-6-18/h2-10,17H,11-15H2,1H3,(H,23,25)(H,24,29). The van der Waals surface area contributed by atoms with Gasteiger partial charge in [-0.15, -0.1) is 0 Å². The molecule has 1 saturated heterocycles. The lowest BCUT2D eigenvalue weighted by atomic mass is 10.1. The molecule has 0 spiro atoms. The molecule has 2 amide bonds. The van der Waals surface area contributed by atoms with E-state index in [0.29, 0.717) is 18.2 Å². The topological polar surface area (TPSA) is 77.0 Å². The van der Waals surface area contributed by atoms with Crippen LogP contribution in [0.4, 0.5) is 11.4 Å². The van der Waals surface area contributed by atoms with Gasteiger partial charge in [0.25, 0.3) is 11.8 Å². The molecule has 0 aromatic heterocycles. The van der Waals surface area contributed by atoms with Crippen LogP contribution in [0.2, 0.25) is 0 Å². The van der Waals surface area contributed by atoms with E-state index in [9.17, 15) is 9.59 Å². The van der Waals surface area contributed by atoms with Gasteiger partial charge >= 0.3 is 0 Å². The van der Waals surface area contributed by atoms with Gasteiger partial charge in [-0.1, -0.05) is 35.9 Å². The first-order valence-electron chi connectivity index (χ1n) is 9.89. The first kappa shape index (κ1) is 19.0. The number of carbonyl (C=O) groups is 2. The van der Waals surface area contributed by atoms with Gasteiger partial charge in [-0.2, -0.15) is 0 Å². The van der Waals surface area contributed by atoms with Gasteiger partial charge in [0.2, 0.25) is 5.84 Å². The predicted molar refractivity (Wildman–Crippen MR) is 114 cm³/mol. The van der Waals surface area contributed by atoms with Gasteiger partial charge in [-0.25, -0.2) is 5.01 Å². The third kappa shape index (κ3) is 4.39. The van der Waals surface area contributed by atoms with Crippen LogP contribution in [-0.4, -0.2) is 43.8 Å². The first-order chi connectivity index (χ1) is 14.1. The SMILES string of the molecule is Cc1ccc(N2NC(C(=O)NCC3CCN(c4ccccc4)C3)=NCC2=O)cc1. The third-order valence-corrected chi connectivity index (χ3v) is 5.31. The van der Waals surface area contributed by atoms with E-state index in [1.807, 2.05) is 49.4 Å². The van der Waals surface area contributed by atoms with E-state index in [1.165, 1.54) is 10.7 Å². The number of aryl methyl sites for hydroxylation is 1. The van der Waals surface area contributed by atoms with Crippen LogP contribution in [-0.2, 0) is 9.59 Å². The molecule has 0 aliphatic carbocycles. The number of hydrazine groups is 1. The maximum absolute atomic E-state index is 12.6. The average Bonchev–Trinajstić information content (AvgIpc) is 3.23. The van der Waals surface area contributed by atoms with Gasteiger partial charge in [-0.3, -0.25) is 20.0 Å². The molecule has 4 rings (SSSR count). The minimum Gasteiger partial charge on any atom is -0.371 e. The Kier molecular flexibility index (Phi) is 5.46.